The van der Waals surface area contributed by atoms with E-state index in [0.29, 0.717) is 0 Å². The molecule has 3 atom stereocenters. The zero-order chi connectivity index (χ0) is 14.4. The average Bonchev–Trinajstić information content (AvgIpc) is 2.38. The van der Waals surface area contributed by atoms with E-state index in [0.717, 1.165) is 0 Å². The van der Waals surface area contributed by atoms with Crippen LogP contribution < -0.4 is 0 Å². The smallest absolute Gasteiger partial charge is 0.334 e. The lowest BCUT2D eigenvalue weighted by molar-refractivity contribution is -0.319. The first-order valence-corrected chi connectivity index (χ1v) is 4.38. The minimum Gasteiger partial charge on any atom is -0.334 e. The Morgan fingerprint density at radius 3 is 1.67 bits per heavy atom. The molecule has 18 heavy (non-hydrogen) atoms. The zero-order valence-electron chi connectivity index (χ0n) is 8.06. The Morgan fingerprint density at radius 2 is 1.39 bits per heavy atom. The Labute approximate surface area is 92.9 Å². The van der Waals surface area contributed by atoms with E-state index in [1.807, 2.05) is 0 Å². The maximum absolute atomic E-state index is 13.6. The van der Waals surface area contributed by atoms with Gasteiger partial charge in [-0.15, -0.1) is 0 Å². The summed E-state index contributed by atoms with van der Waals surface area (Å²) in [5.41, 5.74) is -15.8. The van der Waals surface area contributed by atoms with Crippen LogP contribution in [0.3, 0.4) is 0 Å². The molecule has 0 amide bonds. The maximum Gasteiger partial charge on any atom is 0.391 e. The Kier molecular flexibility index (Phi) is 2.10. The van der Waals surface area contributed by atoms with Gasteiger partial charge in [0, 0.05) is 6.42 Å². The third kappa shape index (κ3) is 0.916. The second-order valence-electron chi connectivity index (χ2n) is 4.18. The molecule has 2 aliphatic rings. The molecule has 1 N–H and O–H groups in total. The number of fused-ring (bicyclic) bond motifs is 2. The summed E-state index contributed by atoms with van der Waals surface area (Å²) >= 11 is 0. The van der Waals surface area contributed by atoms with Crippen LogP contribution in [0.4, 0.5) is 39.5 Å². The standard InChI is InChI=1S/C8H3F9O/c9-2-3(10)6(13)5(12,8(16,17)18)1-4(2,11)7(6,14)15/h18H,1H2. The highest BCUT2D eigenvalue weighted by Crippen LogP contribution is 2.74. The molecule has 1 nitrogen and oxygen atoms in total. The molecule has 2 bridgehead atoms. The van der Waals surface area contributed by atoms with Crippen molar-refractivity contribution in [1.82, 2.24) is 0 Å². The highest BCUT2D eigenvalue weighted by atomic mass is 19.3. The lowest BCUT2D eigenvalue weighted by atomic mass is 9.84. The molecule has 0 heterocycles. The van der Waals surface area contributed by atoms with Gasteiger partial charge in [0.25, 0.3) is 11.3 Å². The molecular formula is C8H3F9O. The van der Waals surface area contributed by atoms with Crippen LogP contribution in [-0.2, 0) is 0 Å². The van der Waals surface area contributed by atoms with E-state index < -0.39 is 47.1 Å². The van der Waals surface area contributed by atoms with Crippen molar-refractivity contribution < 1.29 is 44.6 Å². The molecular weight excluding hydrogens is 283 g/mol. The van der Waals surface area contributed by atoms with Crippen LogP contribution in [0, 0.1) is 0 Å². The summed E-state index contributed by atoms with van der Waals surface area (Å²) in [6, 6.07) is 0. The summed E-state index contributed by atoms with van der Waals surface area (Å²) in [6.07, 6.45) is -8.57. The van der Waals surface area contributed by atoms with Crippen LogP contribution in [0.2, 0.25) is 0 Å². The lowest BCUT2D eigenvalue weighted by Gasteiger charge is -2.35. The van der Waals surface area contributed by atoms with Gasteiger partial charge in [-0.05, 0) is 0 Å². The summed E-state index contributed by atoms with van der Waals surface area (Å²) in [7, 11) is 0. The van der Waals surface area contributed by atoms with Crippen LogP contribution in [0.25, 0.3) is 0 Å². The maximum atomic E-state index is 13.6. The summed E-state index contributed by atoms with van der Waals surface area (Å²) in [6.45, 7) is 0. The van der Waals surface area contributed by atoms with E-state index >= 15 is 0 Å². The van der Waals surface area contributed by atoms with Crippen molar-refractivity contribution in [2.24, 2.45) is 0 Å². The Morgan fingerprint density at radius 1 is 0.944 bits per heavy atom. The Hall–Kier alpha value is -0.930. The fourth-order valence-electron chi connectivity index (χ4n) is 2.26. The van der Waals surface area contributed by atoms with Gasteiger partial charge in [-0.3, -0.25) is 0 Å². The van der Waals surface area contributed by atoms with Crippen molar-refractivity contribution in [3.63, 3.8) is 0 Å². The van der Waals surface area contributed by atoms with Gasteiger partial charge < -0.3 is 5.11 Å². The minimum absolute atomic E-state index is 2.74. The number of alkyl halides is 7. The number of hydrogen-bond acceptors (Lipinski definition) is 1. The number of rotatable bonds is 1. The van der Waals surface area contributed by atoms with Crippen molar-refractivity contribution in [2.75, 3.05) is 0 Å². The van der Waals surface area contributed by atoms with Gasteiger partial charge in [0.1, 0.15) is 0 Å². The first-order chi connectivity index (χ1) is 7.77. The number of allylic oxidation sites excluding steroid dienone is 2. The molecule has 0 aromatic heterocycles. The monoisotopic (exact) mass is 286 g/mol. The number of aliphatic hydroxyl groups is 1. The summed E-state index contributed by atoms with van der Waals surface area (Å²) in [4.78, 5) is 0. The molecule has 2 aliphatic carbocycles. The minimum atomic E-state index is -5.82. The van der Waals surface area contributed by atoms with E-state index in [2.05, 4.69) is 0 Å². The summed E-state index contributed by atoms with van der Waals surface area (Å²) in [5.74, 6) is -12.0. The van der Waals surface area contributed by atoms with E-state index in [9.17, 15) is 39.5 Å². The molecule has 1 fully saturated rings. The predicted molar refractivity (Wildman–Crippen MR) is 37.5 cm³/mol. The van der Waals surface area contributed by atoms with Crippen LogP contribution >= 0.6 is 0 Å². The second kappa shape index (κ2) is 2.81. The molecule has 0 spiro atoms. The van der Waals surface area contributed by atoms with Gasteiger partial charge in [-0.25, -0.2) is 22.0 Å². The fourth-order valence-corrected chi connectivity index (χ4v) is 2.26. The average molecular weight is 286 g/mol. The molecule has 0 radical (unpaired) electrons. The van der Waals surface area contributed by atoms with Crippen LogP contribution in [0.1, 0.15) is 6.42 Å². The van der Waals surface area contributed by atoms with Crippen molar-refractivity contribution >= 4 is 0 Å². The zero-order valence-corrected chi connectivity index (χ0v) is 8.06. The van der Waals surface area contributed by atoms with Crippen LogP contribution in [0.5, 0.6) is 0 Å². The fraction of sp³-hybridized carbons (Fsp3) is 0.750. The van der Waals surface area contributed by atoms with Crippen LogP contribution in [-0.4, -0.2) is 34.1 Å². The third-order valence-electron chi connectivity index (χ3n) is 3.28. The van der Waals surface area contributed by atoms with Crippen molar-refractivity contribution in [2.45, 2.75) is 35.5 Å². The number of hydrogen-bond donors (Lipinski definition) is 1. The third-order valence-corrected chi connectivity index (χ3v) is 3.28. The molecule has 0 saturated heterocycles. The molecule has 10 heteroatoms. The topological polar surface area (TPSA) is 20.2 Å². The molecule has 3 unspecified atom stereocenters. The molecule has 0 aromatic rings. The van der Waals surface area contributed by atoms with E-state index in [1.54, 1.807) is 0 Å². The molecule has 104 valence electrons. The van der Waals surface area contributed by atoms with Crippen molar-refractivity contribution in [3.8, 4) is 0 Å². The van der Waals surface area contributed by atoms with Crippen LogP contribution in [0.15, 0.2) is 11.7 Å². The van der Waals surface area contributed by atoms with E-state index in [-0.39, 0.29) is 0 Å². The van der Waals surface area contributed by atoms with Gasteiger partial charge in [-0.1, -0.05) is 0 Å². The Bertz CT molecular complexity index is 454. The van der Waals surface area contributed by atoms with Gasteiger partial charge in [0.05, 0.1) is 0 Å². The van der Waals surface area contributed by atoms with Gasteiger partial charge >= 0.3 is 12.0 Å². The summed E-state index contributed by atoms with van der Waals surface area (Å²) < 4.78 is 117. The number of halogens is 9. The predicted octanol–water partition coefficient (Wildman–Crippen LogP) is 2.90. The Balaban J connectivity index is 2.79. The van der Waals surface area contributed by atoms with E-state index in [4.69, 9.17) is 5.11 Å². The van der Waals surface area contributed by atoms with Crippen molar-refractivity contribution in [1.29, 1.82) is 0 Å². The van der Waals surface area contributed by atoms with E-state index in [1.165, 1.54) is 0 Å². The van der Waals surface area contributed by atoms with Gasteiger partial charge in [0.2, 0.25) is 5.67 Å². The highest BCUT2D eigenvalue weighted by Gasteiger charge is 2.97. The summed E-state index contributed by atoms with van der Waals surface area (Å²) in [5, 5.41) is 8.05. The van der Waals surface area contributed by atoms with Crippen molar-refractivity contribution in [3.05, 3.63) is 11.7 Å². The lowest BCUT2D eigenvalue weighted by Crippen LogP contribution is -2.61. The molecule has 1 saturated carbocycles. The molecule has 2 rings (SSSR count). The van der Waals surface area contributed by atoms with Gasteiger partial charge in [-0.2, -0.15) is 17.6 Å². The quantitative estimate of drug-likeness (QED) is 0.735. The molecule has 0 aromatic carbocycles. The first-order valence-electron chi connectivity index (χ1n) is 4.38. The first kappa shape index (κ1) is 13.5. The largest absolute Gasteiger partial charge is 0.391 e. The van der Waals surface area contributed by atoms with Gasteiger partial charge in [0.15, 0.2) is 11.7 Å². The SMILES string of the molecule is OC(F)(F)C1(F)CC2(F)C(F)=C(F)C1(F)C2(F)F. The highest BCUT2D eigenvalue weighted by molar-refractivity contribution is 5.49. The normalized spacial score (nSPS) is 47.0. The second-order valence-corrected chi connectivity index (χ2v) is 4.18. The molecule has 0 aliphatic heterocycles.